The maximum atomic E-state index is 13.6. The summed E-state index contributed by atoms with van der Waals surface area (Å²) in [6.45, 7) is 11.0. The zero-order valence-electron chi connectivity index (χ0n) is 20.7. The molecule has 1 fully saturated rings. The number of piperazine rings is 1. The van der Waals surface area contributed by atoms with Crippen LogP contribution in [0.4, 0.5) is 10.1 Å². The number of rotatable bonds is 8. The summed E-state index contributed by atoms with van der Waals surface area (Å²) in [4.78, 5) is 18.9. The molecule has 1 amide bonds. The molecular weight excluding hydrogens is 481 g/mol. The van der Waals surface area contributed by atoms with E-state index >= 15 is 0 Å². The average Bonchev–Trinajstić information content (AvgIpc) is 3.51. The van der Waals surface area contributed by atoms with Gasteiger partial charge in [-0.1, -0.05) is 0 Å². The van der Waals surface area contributed by atoms with E-state index in [-0.39, 0.29) is 18.3 Å². The second-order valence-corrected chi connectivity index (χ2v) is 10.8. The first-order chi connectivity index (χ1) is 17.3. The number of anilines is 1. The molecule has 1 aromatic heterocycles. The van der Waals surface area contributed by atoms with E-state index < -0.39 is 5.60 Å². The predicted molar refractivity (Wildman–Crippen MR) is 139 cm³/mol. The van der Waals surface area contributed by atoms with Crippen molar-refractivity contribution in [3.63, 3.8) is 0 Å². The fourth-order valence-corrected chi connectivity index (χ4v) is 5.89. The number of allylic oxidation sites excluding steroid dienone is 1. The number of halogens is 1. The van der Waals surface area contributed by atoms with Crippen molar-refractivity contribution in [2.45, 2.75) is 26.0 Å². The van der Waals surface area contributed by atoms with Gasteiger partial charge in [0.1, 0.15) is 17.2 Å². The SMILES string of the molecule is CC1(C)O/C(=C2/C(=O)Nc3cc(F)ccc32)C=C1c1csc(CN2CCN(CCOCCO)CC2)c1. The van der Waals surface area contributed by atoms with Gasteiger partial charge in [0.25, 0.3) is 5.91 Å². The Morgan fingerprint density at radius 2 is 1.94 bits per heavy atom. The minimum absolute atomic E-state index is 0.0695. The number of hydrogen-bond donors (Lipinski definition) is 2. The monoisotopic (exact) mass is 513 g/mol. The van der Waals surface area contributed by atoms with Gasteiger partial charge in [-0.15, -0.1) is 11.3 Å². The van der Waals surface area contributed by atoms with Gasteiger partial charge in [0.2, 0.25) is 0 Å². The molecule has 3 aliphatic heterocycles. The van der Waals surface area contributed by atoms with E-state index in [9.17, 15) is 9.18 Å². The molecule has 0 atom stereocenters. The first-order valence-corrected chi connectivity index (χ1v) is 13.2. The summed E-state index contributed by atoms with van der Waals surface area (Å²) >= 11 is 1.74. The summed E-state index contributed by atoms with van der Waals surface area (Å²) in [6.07, 6.45) is 1.96. The van der Waals surface area contributed by atoms with E-state index in [0.717, 1.165) is 50.4 Å². The third-order valence-electron chi connectivity index (χ3n) is 6.86. The molecule has 1 saturated heterocycles. The zero-order chi connectivity index (χ0) is 25.3. The van der Waals surface area contributed by atoms with E-state index in [1.54, 1.807) is 17.4 Å². The van der Waals surface area contributed by atoms with E-state index in [4.69, 9.17) is 14.6 Å². The molecule has 0 radical (unpaired) electrons. The van der Waals surface area contributed by atoms with Crippen LogP contribution in [0.1, 0.15) is 29.9 Å². The molecule has 3 aliphatic rings. The first kappa shape index (κ1) is 25.1. The number of aliphatic hydroxyl groups excluding tert-OH is 1. The number of carbonyl (C=O) groups excluding carboxylic acids is 1. The topological polar surface area (TPSA) is 74.3 Å². The summed E-state index contributed by atoms with van der Waals surface area (Å²) in [5, 5.41) is 13.7. The lowest BCUT2D eigenvalue weighted by atomic mass is 9.94. The Morgan fingerprint density at radius 1 is 1.17 bits per heavy atom. The molecule has 0 bridgehead atoms. The van der Waals surface area contributed by atoms with Crippen LogP contribution in [0.5, 0.6) is 0 Å². The number of amides is 1. The molecule has 9 heteroatoms. The number of thiophene rings is 1. The van der Waals surface area contributed by atoms with E-state index in [2.05, 4.69) is 26.6 Å². The number of benzene rings is 1. The Labute approximate surface area is 214 Å². The smallest absolute Gasteiger partial charge is 0.260 e. The van der Waals surface area contributed by atoms with Gasteiger partial charge in [0, 0.05) is 55.3 Å². The van der Waals surface area contributed by atoms with Crippen molar-refractivity contribution >= 4 is 34.1 Å². The minimum Gasteiger partial charge on any atom is -0.482 e. The van der Waals surface area contributed by atoms with Gasteiger partial charge in [-0.05, 0) is 55.1 Å². The van der Waals surface area contributed by atoms with Gasteiger partial charge in [0.05, 0.1) is 31.1 Å². The molecule has 7 nitrogen and oxygen atoms in total. The highest BCUT2D eigenvalue weighted by Crippen LogP contribution is 2.45. The molecule has 2 N–H and O–H groups in total. The standard InChI is InChI=1S/C27H32FN3O4S/c1-27(2)22(15-24(35-27)25-21-4-3-19(28)14-23(21)29-26(25)33)18-13-20(36-17-18)16-31-7-5-30(6-8-31)9-11-34-12-10-32/h3-4,13-15,17,32H,5-12,16H2,1-2H3,(H,29,33)/b25-24+. The van der Waals surface area contributed by atoms with Crippen molar-refractivity contribution in [3.8, 4) is 0 Å². The van der Waals surface area contributed by atoms with Gasteiger partial charge in [-0.2, -0.15) is 0 Å². The van der Waals surface area contributed by atoms with Crippen LogP contribution in [0, 0.1) is 5.82 Å². The third-order valence-corrected chi connectivity index (χ3v) is 7.78. The summed E-state index contributed by atoms with van der Waals surface area (Å²) in [7, 11) is 0. The van der Waals surface area contributed by atoms with Gasteiger partial charge >= 0.3 is 0 Å². The van der Waals surface area contributed by atoms with Gasteiger partial charge < -0.3 is 19.9 Å². The van der Waals surface area contributed by atoms with Crippen molar-refractivity contribution in [3.05, 3.63) is 63.3 Å². The Morgan fingerprint density at radius 3 is 2.72 bits per heavy atom. The minimum atomic E-state index is -0.590. The number of carbonyl (C=O) groups is 1. The summed E-state index contributed by atoms with van der Waals surface area (Å²) in [6, 6.07) is 6.54. The highest BCUT2D eigenvalue weighted by atomic mass is 32.1. The highest BCUT2D eigenvalue weighted by molar-refractivity contribution is 7.10. The quantitative estimate of drug-likeness (QED) is 0.415. The number of aliphatic hydroxyl groups is 1. The van der Waals surface area contributed by atoms with Crippen molar-refractivity contribution < 1.29 is 23.8 Å². The lowest BCUT2D eigenvalue weighted by Gasteiger charge is -2.34. The van der Waals surface area contributed by atoms with Gasteiger partial charge in [0.15, 0.2) is 0 Å². The lowest BCUT2D eigenvalue weighted by Crippen LogP contribution is -2.46. The van der Waals surface area contributed by atoms with Crippen LogP contribution < -0.4 is 5.32 Å². The molecule has 5 rings (SSSR count). The first-order valence-electron chi connectivity index (χ1n) is 12.3. The molecule has 0 spiro atoms. The zero-order valence-corrected chi connectivity index (χ0v) is 21.5. The number of fused-ring (bicyclic) bond motifs is 1. The summed E-state index contributed by atoms with van der Waals surface area (Å²) in [5.74, 6) is -0.141. The van der Waals surface area contributed by atoms with Gasteiger partial charge in [-0.25, -0.2) is 4.39 Å². The number of hydrogen-bond acceptors (Lipinski definition) is 7. The second kappa shape index (κ2) is 10.4. The molecule has 0 saturated carbocycles. The van der Waals surface area contributed by atoms with Crippen molar-refractivity contribution in [2.24, 2.45) is 0 Å². The van der Waals surface area contributed by atoms with Crippen LogP contribution in [0.3, 0.4) is 0 Å². The average molecular weight is 514 g/mol. The summed E-state index contributed by atoms with van der Waals surface area (Å²) < 4.78 is 25.3. The molecule has 192 valence electrons. The molecule has 4 heterocycles. The Kier molecular flexibility index (Phi) is 7.28. The molecule has 0 aliphatic carbocycles. The van der Waals surface area contributed by atoms with Crippen LogP contribution in [0.15, 0.2) is 41.5 Å². The Bertz CT molecular complexity index is 1200. The normalized spacial score (nSPS) is 21.9. The van der Waals surface area contributed by atoms with Crippen LogP contribution in [0.25, 0.3) is 11.1 Å². The van der Waals surface area contributed by atoms with Crippen molar-refractivity contribution in [2.75, 3.05) is 57.9 Å². The highest BCUT2D eigenvalue weighted by Gasteiger charge is 2.38. The van der Waals surface area contributed by atoms with Crippen LogP contribution in [0.2, 0.25) is 0 Å². The summed E-state index contributed by atoms with van der Waals surface area (Å²) in [5.41, 5.74) is 3.13. The van der Waals surface area contributed by atoms with E-state index in [1.165, 1.54) is 17.0 Å². The number of nitrogens with zero attached hydrogens (tertiary/aromatic N) is 2. The van der Waals surface area contributed by atoms with E-state index in [1.807, 2.05) is 19.9 Å². The Balaban J connectivity index is 1.26. The van der Waals surface area contributed by atoms with Crippen molar-refractivity contribution in [1.82, 2.24) is 9.80 Å². The number of nitrogens with one attached hydrogen (secondary N) is 1. The molecule has 36 heavy (non-hydrogen) atoms. The molecule has 0 unspecified atom stereocenters. The van der Waals surface area contributed by atoms with Crippen LogP contribution in [-0.2, 0) is 20.8 Å². The maximum Gasteiger partial charge on any atom is 0.260 e. The van der Waals surface area contributed by atoms with Crippen LogP contribution in [-0.4, -0.2) is 79.0 Å². The van der Waals surface area contributed by atoms with Crippen molar-refractivity contribution in [1.29, 1.82) is 0 Å². The number of ether oxygens (including phenoxy) is 2. The van der Waals surface area contributed by atoms with Crippen LogP contribution >= 0.6 is 11.3 Å². The molecular formula is C27H32FN3O4S. The molecule has 2 aromatic rings. The fraction of sp³-hybridized carbons (Fsp3) is 0.444. The predicted octanol–water partition coefficient (Wildman–Crippen LogP) is 3.57. The largest absolute Gasteiger partial charge is 0.482 e. The van der Waals surface area contributed by atoms with E-state index in [0.29, 0.717) is 35.8 Å². The Hall–Kier alpha value is -2.56. The maximum absolute atomic E-state index is 13.6. The lowest BCUT2D eigenvalue weighted by molar-refractivity contribution is -0.111. The molecule has 1 aromatic carbocycles. The fourth-order valence-electron chi connectivity index (χ4n) is 4.96. The van der Waals surface area contributed by atoms with Gasteiger partial charge in [-0.3, -0.25) is 14.6 Å². The third kappa shape index (κ3) is 5.26. The second-order valence-electron chi connectivity index (χ2n) is 9.81.